The number of anilines is 4. The highest BCUT2D eigenvalue weighted by Crippen LogP contribution is 2.51. The molecule has 1 saturated heterocycles. The van der Waals surface area contributed by atoms with Crippen molar-refractivity contribution in [3.63, 3.8) is 0 Å². The minimum absolute atomic E-state index is 0.00803. The summed E-state index contributed by atoms with van der Waals surface area (Å²) in [4.78, 5) is 40.4. The van der Waals surface area contributed by atoms with Crippen LogP contribution in [-0.4, -0.2) is 56.3 Å². The lowest BCUT2D eigenvalue weighted by molar-refractivity contribution is -0.127. The molecule has 12 heteroatoms. The number of carboxylic acid groups (broad SMARTS) is 1. The van der Waals surface area contributed by atoms with E-state index in [1.807, 2.05) is 0 Å². The van der Waals surface area contributed by atoms with Crippen LogP contribution in [0, 0.1) is 0 Å². The third-order valence-electron chi connectivity index (χ3n) is 5.20. The van der Waals surface area contributed by atoms with E-state index in [0.29, 0.717) is 33.3 Å². The molecule has 0 saturated carbocycles. The van der Waals surface area contributed by atoms with Crippen LogP contribution >= 0.6 is 11.8 Å². The third-order valence-corrected chi connectivity index (χ3v) is 5.75. The number of nitrogens with two attached hydrogens (primary N) is 2. The van der Waals surface area contributed by atoms with Crippen LogP contribution in [0.25, 0.3) is 11.1 Å². The first-order chi connectivity index (χ1) is 13.8. The van der Waals surface area contributed by atoms with Crippen molar-refractivity contribution in [2.45, 2.75) is 10.6 Å². The molecule has 2 amide bonds. The molecule has 1 fully saturated rings. The maximum Gasteiger partial charge on any atom is 0.407 e. The van der Waals surface area contributed by atoms with Gasteiger partial charge in [0.05, 0.1) is 11.4 Å². The Morgan fingerprint density at radius 3 is 2.72 bits per heavy atom. The van der Waals surface area contributed by atoms with Gasteiger partial charge in [0, 0.05) is 13.1 Å². The van der Waals surface area contributed by atoms with E-state index in [1.54, 1.807) is 24.5 Å². The number of rotatable bonds is 2. The number of likely N-dealkylation sites (tertiary alicyclic amines) is 1. The van der Waals surface area contributed by atoms with Crippen molar-refractivity contribution < 1.29 is 19.1 Å². The number of benzene rings is 1. The number of amides is 2. The lowest BCUT2D eigenvalue weighted by Gasteiger charge is -2.44. The molecule has 5 N–H and O–H groups in total. The number of hydrogen-bond acceptors (Lipinski definition) is 9. The average Bonchev–Trinajstić information content (AvgIpc) is 3.13. The predicted octanol–water partition coefficient (Wildman–Crippen LogP) is 1.41. The van der Waals surface area contributed by atoms with Crippen molar-refractivity contribution in [2.24, 2.45) is 0 Å². The molecule has 29 heavy (non-hydrogen) atoms. The normalized spacial score (nSPS) is 17.1. The molecule has 0 bridgehead atoms. The van der Waals surface area contributed by atoms with Crippen molar-refractivity contribution in [1.29, 1.82) is 0 Å². The standard InChI is InChI=1S/C17H15N7O4S/c1-29-15-21-11-10(12(18)22-15)24(13(25)17(11)5-23(6-17)16(26)27)7-2-3-9-8(4-7)20-14(19)28-9/h2-4H,5-6H2,1H3,(H2,19,20)(H,26,27)(H2,18,21,22). The number of carbonyl (C=O) groups is 2. The fourth-order valence-electron chi connectivity index (χ4n) is 3.86. The first-order valence-corrected chi connectivity index (χ1v) is 9.77. The number of carbonyl (C=O) groups excluding carboxylic acids is 1. The number of oxazole rings is 1. The summed E-state index contributed by atoms with van der Waals surface area (Å²) in [6.45, 7) is 0.0161. The van der Waals surface area contributed by atoms with Gasteiger partial charge in [-0.3, -0.25) is 9.69 Å². The number of thioether (sulfide) groups is 1. The van der Waals surface area contributed by atoms with E-state index < -0.39 is 11.5 Å². The molecule has 0 radical (unpaired) electrons. The minimum atomic E-state index is -1.09. The quantitative estimate of drug-likeness (QED) is 0.413. The number of hydrogen-bond donors (Lipinski definition) is 3. The fourth-order valence-corrected chi connectivity index (χ4v) is 4.23. The van der Waals surface area contributed by atoms with E-state index in [1.165, 1.54) is 21.6 Å². The Hall–Kier alpha value is -3.54. The maximum absolute atomic E-state index is 13.5. The average molecular weight is 413 g/mol. The molecule has 0 unspecified atom stereocenters. The second-order valence-corrected chi connectivity index (χ2v) is 7.63. The molecule has 5 rings (SSSR count). The topological polar surface area (TPSA) is 165 Å². The molecule has 0 atom stereocenters. The zero-order valence-corrected chi connectivity index (χ0v) is 15.9. The first kappa shape index (κ1) is 17.6. The van der Waals surface area contributed by atoms with Gasteiger partial charge in [0.15, 0.2) is 16.6 Å². The Bertz CT molecular complexity index is 1200. The largest absolute Gasteiger partial charge is 0.465 e. The Balaban J connectivity index is 1.69. The van der Waals surface area contributed by atoms with E-state index in [0.717, 1.165) is 0 Å². The summed E-state index contributed by atoms with van der Waals surface area (Å²) in [5, 5.41) is 9.70. The van der Waals surface area contributed by atoms with E-state index in [-0.39, 0.29) is 30.8 Å². The summed E-state index contributed by atoms with van der Waals surface area (Å²) in [6, 6.07) is 5.02. The van der Waals surface area contributed by atoms with Crippen LogP contribution in [0.5, 0.6) is 0 Å². The zero-order valence-electron chi connectivity index (χ0n) is 15.1. The Morgan fingerprint density at radius 1 is 1.28 bits per heavy atom. The van der Waals surface area contributed by atoms with Crippen molar-refractivity contribution in [3.05, 3.63) is 23.9 Å². The number of fused-ring (bicyclic) bond motifs is 3. The lowest BCUT2D eigenvalue weighted by Crippen LogP contribution is -2.65. The van der Waals surface area contributed by atoms with Crippen LogP contribution in [0.1, 0.15) is 5.69 Å². The van der Waals surface area contributed by atoms with E-state index in [9.17, 15) is 14.7 Å². The Morgan fingerprint density at radius 2 is 2.03 bits per heavy atom. The molecule has 148 valence electrons. The van der Waals surface area contributed by atoms with Crippen molar-refractivity contribution in [1.82, 2.24) is 19.9 Å². The van der Waals surface area contributed by atoms with Crippen LogP contribution < -0.4 is 16.4 Å². The molecule has 2 aliphatic heterocycles. The van der Waals surface area contributed by atoms with E-state index >= 15 is 0 Å². The maximum atomic E-state index is 13.5. The molecule has 1 aromatic carbocycles. The fraction of sp³-hybridized carbons (Fsp3) is 0.235. The van der Waals surface area contributed by atoms with Crippen molar-refractivity contribution >= 4 is 58.1 Å². The van der Waals surface area contributed by atoms with Crippen LogP contribution in [0.4, 0.5) is 28.0 Å². The van der Waals surface area contributed by atoms with Gasteiger partial charge in [0.25, 0.3) is 6.01 Å². The molecule has 2 aliphatic rings. The van der Waals surface area contributed by atoms with Gasteiger partial charge < -0.3 is 25.9 Å². The smallest absolute Gasteiger partial charge is 0.407 e. The van der Waals surface area contributed by atoms with Crippen LogP contribution in [0.3, 0.4) is 0 Å². The highest BCUT2D eigenvalue weighted by atomic mass is 32.2. The van der Waals surface area contributed by atoms with Gasteiger partial charge in [-0.05, 0) is 24.5 Å². The molecular formula is C17H15N7O4S. The Kier molecular flexibility index (Phi) is 3.47. The summed E-state index contributed by atoms with van der Waals surface area (Å²) < 4.78 is 5.29. The van der Waals surface area contributed by atoms with Gasteiger partial charge in [-0.2, -0.15) is 4.98 Å². The summed E-state index contributed by atoms with van der Waals surface area (Å²) in [5.74, 6) is -0.154. The molecule has 4 heterocycles. The minimum Gasteiger partial charge on any atom is -0.465 e. The summed E-state index contributed by atoms with van der Waals surface area (Å²) >= 11 is 1.30. The molecule has 11 nitrogen and oxygen atoms in total. The molecule has 1 spiro atoms. The number of nitrogen functional groups attached to an aromatic ring is 2. The van der Waals surface area contributed by atoms with Gasteiger partial charge >= 0.3 is 6.09 Å². The SMILES string of the molecule is CSc1nc(N)c2c(n1)C1(CN(C(=O)O)C1)C(=O)N2c1ccc2oc(N)nc2c1. The van der Waals surface area contributed by atoms with Crippen molar-refractivity contribution in [3.8, 4) is 0 Å². The van der Waals surface area contributed by atoms with Gasteiger partial charge in [0.1, 0.15) is 16.6 Å². The van der Waals surface area contributed by atoms with Crippen LogP contribution in [0.2, 0.25) is 0 Å². The summed E-state index contributed by atoms with van der Waals surface area (Å²) in [5.41, 5.74) is 13.0. The zero-order chi connectivity index (χ0) is 20.5. The summed E-state index contributed by atoms with van der Waals surface area (Å²) in [7, 11) is 0. The van der Waals surface area contributed by atoms with Gasteiger partial charge in [-0.25, -0.2) is 14.8 Å². The molecular weight excluding hydrogens is 398 g/mol. The van der Waals surface area contributed by atoms with E-state index in [4.69, 9.17) is 15.9 Å². The monoisotopic (exact) mass is 413 g/mol. The first-order valence-electron chi connectivity index (χ1n) is 8.54. The van der Waals surface area contributed by atoms with Crippen LogP contribution in [-0.2, 0) is 10.2 Å². The number of aromatic nitrogens is 3. The lowest BCUT2D eigenvalue weighted by atomic mass is 9.77. The van der Waals surface area contributed by atoms with Crippen molar-refractivity contribution in [2.75, 3.05) is 35.7 Å². The molecule has 3 aromatic rings. The van der Waals surface area contributed by atoms with Gasteiger partial charge in [-0.15, -0.1) is 0 Å². The summed E-state index contributed by atoms with van der Waals surface area (Å²) in [6.07, 6.45) is 0.713. The third kappa shape index (κ3) is 2.29. The second kappa shape index (κ2) is 5.73. The number of nitrogens with zero attached hydrogens (tertiary/aromatic N) is 5. The van der Waals surface area contributed by atoms with Crippen LogP contribution in [0.15, 0.2) is 27.8 Å². The highest BCUT2D eigenvalue weighted by Gasteiger charge is 2.62. The van der Waals surface area contributed by atoms with E-state index in [2.05, 4.69) is 15.0 Å². The second-order valence-electron chi connectivity index (χ2n) is 6.86. The molecule has 2 aromatic heterocycles. The Labute approximate surface area is 167 Å². The van der Waals surface area contributed by atoms with Gasteiger partial charge in [0.2, 0.25) is 5.91 Å². The molecule has 0 aliphatic carbocycles. The van der Waals surface area contributed by atoms with Gasteiger partial charge in [-0.1, -0.05) is 11.8 Å². The highest BCUT2D eigenvalue weighted by molar-refractivity contribution is 7.98. The predicted molar refractivity (Wildman–Crippen MR) is 105 cm³/mol.